The van der Waals surface area contributed by atoms with Gasteiger partial charge in [0.25, 0.3) is 5.91 Å². The van der Waals surface area contributed by atoms with Crippen LogP contribution in [-0.2, 0) is 7.05 Å². The van der Waals surface area contributed by atoms with Crippen LogP contribution < -0.4 is 5.32 Å². The van der Waals surface area contributed by atoms with Crippen LogP contribution in [0.25, 0.3) is 11.0 Å². The van der Waals surface area contributed by atoms with Gasteiger partial charge in [0.2, 0.25) is 5.13 Å². The van der Waals surface area contributed by atoms with Gasteiger partial charge >= 0.3 is 0 Å². The summed E-state index contributed by atoms with van der Waals surface area (Å²) in [4.78, 5) is 16.5. The highest BCUT2D eigenvalue weighted by atomic mass is 32.1. The molecule has 0 radical (unpaired) electrons. The maximum absolute atomic E-state index is 12.3. The SMILES string of the molecule is Cn1cnc2cc(C(=O)Nc3nnc(C4CC4)s3)ccc21. The average Bonchev–Trinajstić information content (AvgIpc) is 3.14. The van der Waals surface area contributed by atoms with Crippen molar-refractivity contribution in [1.82, 2.24) is 19.7 Å². The van der Waals surface area contributed by atoms with Crippen molar-refractivity contribution in [3.05, 3.63) is 35.1 Å². The number of imidazole rings is 1. The van der Waals surface area contributed by atoms with Crippen LogP contribution in [0, 0.1) is 0 Å². The molecule has 2 aromatic heterocycles. The van der Waals surface area contributed by atoms with E-state index in [0.29, 0.717) is 16.6 Å². The summed E-state index contributed by atoms with van der Waals surface area (Å²) in [6.07, 6.45) is 4.09. The third-order valence-corrected chi connectivity index (χ3v) is 4.58. The predicted molar refractivity (Wildman–Crippen MR) is 80.6 cm³/mol. The Morgan fingerprint density at radius 3 is 3.05 bits per heavy atom. The van der Waals surface area contributed by atoms with Crippen LogP contribution in [0.5, 0.6) is 0 Å². The number of fused-ring (bicyclic) bond motifs is 1. The standard InChI is InChI=1S/C14H13N5OS/c1-19-7-15-10-6-9(4-5-11(10)19)12(20)16-14-18-17-13(21-14)8-2-3-8/h4-8H,2-3H2,1H3,(H,16,18,20). The number of carbonyl (C=O) groups excluding carboxylic acids is 1. The molecule has 7 heteroatoms. The van der Waals surface area contributed by atoms with E-state index in [9.17, 15) is 4.79 Å². The van der Waals surface area contributed by atoms with Gasteiger partial charge in [0.05, 0.1) is 17.4 Å². The Morgan fingerprint density at radius 1 is 1.38 bits per heavy atom. The average molecular weight is 299 g/mol. The number of carbonyl (C=O) groups is 1. The molecule has 0 bridgehead atoms. The first-order chi connectivity index (χ1) is 10.2. The number of nitrogens with one attached hydrogen (secondary N) is 1. The van der Waals surface area contributed by atoms with Gasteiger partial charge < -0.3 is 4.57 Å². The van der Waals surface area contributed by atoms with Crippen LogP contribution >= 0.6 is 11.3 Å². The lowest BCUT2D eigenvalue weighted by Crippen LogP contribution is -2.11. The van der Waals surface area contributed by atoms with Crippen molar-refractivity contribution in [2.45, 2.75) is 18.8 Å². The van der Waals surface area contributed by atoms with Gasteiger partial charge in [0, 0.05) is 18.5 Å². The molecule has 1 aliphatic rings. The van der Waals surface area contributed by atoms with Gasteiger partial charge in [-0.3, -0.25) is 10.1 Å². The number of hydrogen-bond donors (Lipinski definition) is 1. The molecule has 1 aliphatic carbocycles. The van der Waals surface area contributed by atoms with Crippen LogP contribution in [0.1, 0.15) is 34.1 Å². The van der Waals surface area contributed by atoms with Crippen molar-refractivity contribution in [2.24, 2.45) is 7.05 Å². The molecule has 1 fully saturated rings. The van der Waals surface area contributed by atoms with Crippen molar-refractivity contribution < 1.29 is 4.79 Å². The van der Waals surface area contributed by atoms with Gasteiger partial charge in [-0.2, -0.15) is 0 Å². The van der Waals surface area contributed by atoms with E-state index in [2.05, 4.69) is 20.5 Å². The zero-order chi connectivity index (χ0) is 14.4. The summed E-state index contributed by atoms with van der Waals surface area (Å²) >= 11 is 1.46. The first kappa shape index (κ1) is 12.5. The summed E-state index contributed by atoms with van der Waals surface area (Å²) in [5.41, 5.74) is 2.38. The number of benzene rings is 1. The van der Waals surface area contributed by atoms with Gasteiger partial charge in [0.15, 0.2) is 0 Å². The molecule has 0 saturated heterocycles. The minimum Gasteiger partial charge on any atom is -0.334 e. The molecule has 0 aliphatic heterocycles. The third kappa shape index (κ3) is 2.29. The largest absolute Gasteiger partial charge is 0.334 e. The molecule has 1 saturated carbocycles. The zero-order valence-electron chi connectivity index (χ0n) is 11.4. The number of aryl methyl sites for hydroxylation is 1. The molecule has 3 aromatic rings. The fraction of sp³-hybridized carbons (Fsp3) is 0.286. The summed E-state index contributed by atoms with van der Waals surface area (Å²) in [5, 5.41) is 12.5. The number of hydrogen-bond acceptors (Lipinski definition) is 5. The second-order valence-corrected chi connectivity index (χ2v) is 6.24. The Labute approximate surface area is 124 Å². The van der Waals surface area contributed by atoms with Crippen LogP contribution in [0.3, 0.4) is 0 Å². The van der Waals surface area contributed by atoms with E-state index in [0.717, 1.165) is 16.0 Å². The molecular formula is C14H13N5OS. The molecular weight excluding hydrogens is 286 g/mol. The first-order valence-electron chi connectivity index (χ1n) is 6.76. The summed E-state index contributed by atoms with van der Waals surface area (Å²) in [7, 11) is 1.93. The van der Waals surface area contributed by atoms with Crippen molar-refractivity contribution in [3.63, 3.8) is 0 Å². The summed E-state index contributed by atoms with van der Waals surface area (Å²) in [6.45, 7) is 0. The highest BCUT2D eigenvalue weighted by Gasteiger charge is 2.27. The molecule has 106 valence electrons. The monoisotopic (exact) mass is 299 g/mol. The lowest BCUT2D eigenvalue weighted by atomic mass is 10.2. The molecule has 2 heterocycles. The molecule has 0 unspecified atom stereocenters. The van der Waals surface area contributed by atoms with E-state index in [1.54, 1.807) is 18.5 Å². The van der Waals surface area contributed by atoms with Gasteiger partial charge in [-0.15, -0.1) is 10.2 Å². The third-order valence-electron chi connectivity index (χ3n) is 3.58. The van der Waals surface area contributed by atoms with Crippen LogP contribution in [0.2, 0.25) is 0 Å². The van der Waals surface area contributed by atoms with Crippen molar-refractivity contribution in [2.75, 3.05) is 5.32 Å². The lowest BCUT2D eigenvalue weighted by molar-refractivity contribution is 0.102. The minimum absolute atomic E-state index is 0.180. The van der Waals surface area contributed by atoms with E-state index >= 15 is 0 Å². The fourth-order valence-electron chi connectivity index (χ4n) is 2.23. The molecule has 1 N–H and O–H groups in total. The van der Waals surface area contributed by atoms with E-state index < -0.39 is 0 Å². The smallest absolute Gasteiger partial charge is 0.257 e. The Morgan fingerprint density at radius 2 is 2.24 bits per heavy atom. The molecule has 0 spiro atoms. The minimum atomic E-state index is -0.180. The Hall–Kier alpha value is -2.28. The van der Waals surface area contributed by atoms with Crippen molar-refractivity contribution >= 4 is 33.4 Å². The second kappa shape index (κ2) is 4.63. The lowest BCUT2D eigenvalue weighted by Gasteiger charge is -2.01. The molecule has 6 nitrogen and oxygen atoms in total. The summed E-state index contributed by atoms with van der Waals surface area (Å²) < 4.78 is 1.92. The molecule has 1 amide bonds. The molecule has 4 rings (SSSR count). The van der Waals surface area contributed by atoms with Crippen molar-refractivity contribution in [3.8, 4) is 0 Å². The highest BCUT2D eigenvalue weighted by Crippen LogP contribution is 2.42. The topological polar surface area (TPSA) is 72.7 Å². The number of nitrogens with zero attached hydrogens (tertiary/aromatic N) is 4. The van der Waals surface area contributed by atoms with Gasteiger partial charge in [-0.05, 0) is 31.0 Å². The van der Waals surface area contributed by atoms with E-state index in [4.69, 9.17) is 0 Å². The van der Waals surface area contributed by atoms with E-state index in [1.807, 2.05) is 17.7 Å². The zero-order valence-corrected chi connectivity index (χ0v) is 12.2. The van der Waals surface area contributed by atoms with Gasteiger partial charge in [0.1, 0.15) is 5.01 Å². The quantitative estimate of drug-likeness (QED) is 0.806. The van der Waals surface area contributed by atoms with Crippen LogP contribution in [-0.4, -0.2) is 25.7 Å². The predicted octanol–water partition coefficient (Wildman–Crippen LogP) is 2.55. The maximum atomic E-state index is 12.3. The van der Waals surface area contributed by atoms with Gasteiger partial charge in [-0.25, -0.2) is 4.98 Å². The van der Waals surface area contributed by atoms with Crippen LogP contribution in [0.15, 0.2) is 24.5 Å². The maximum Gasteiger partial charge on any atom is 0.257 e. The van der Waals surface area contributed by atoms with Gasteiger partial charge in [-0.1, -0.05) is 11.3 Å². The first-order valence-corrected chi connectivity index (χ1v) is 7.58. The second-order valence-electron chi connectivity index (χ2n) is 5.23. The summed E-state index contributed by atoms with van der Waals surface area (Å²) in [6, 6.07) is 5.47. The number of aromatic nitrogens is 4. The Balaban J connectivity index is 1.56. The normalized spacial score (nSPS) is 14.5. The number of anilines is 1. The fourth-order valence-corrected chi connectivity index (χ4v) is 3.13. The van der Waals surface area contributed by atoms with Crippen molar-refractivity contribution in [1.29, 1.82) is 0 Å². The summed E-state index contributed by atoms with van der Waals surface area (Å²) in [5.74, 6) is 0.374. The number of rotatable bonds is 3. The number of amides is 1. The molecule has 0 atom stereocenters. The highest BCUT2D eigenvalue weighted by molar-refractivity contribution is 7.15. The van der Waals surface area contributed by atoms with E-state index in [1.165, 1.54) is 24.2 Å². The Kier molecular flexibility index (Phi) is 2.75. The molecule has 21 heavy (non-hydrogen) atoms. The molecule has 1 aromatic carbocycles. The Bertz CT molecular complexity index is 833. The van der Waals surface area contributed by atoms with Crippen LogP contribution in [0.4, 0.5) is 5.13 Å². The van der Waals surface area contributed by atoms with E-state index in [-0.39, 0.29) is 5.91 Å².